The minimum atomic E-state index is -0.889. The molecular weight excluding hydrogens is 264 g/mol. The third-order valence-corrected chi connectivity index (χ3v) is 3.37. The highest BCUT2D eigenvalue weighted by molar-refractivity contribution is 5.84. The second kappa shape index (κ2) is 6.29. The van der Waals surface area contributed by atoms with Crippen molar-refractivity contribution in [2.24, 2.45) is 9.98 Å². The lowest BCUT2D eigenvalue weighted by atomic mass is 10.2. The first-order chi connectivity index (χ1) is 9.48. The van der Waals surface area contributed by atoms with Gasteiger partial charge in [-0.05, 0) is 6.92 Å². The van der Waals surface area contributed by atoms with Crippen LogP contribution in [-0.4, -0.2) is 89.8 Å². The SMILES string of the molecule is CC1(OCC(O)CN2CCN(C(=O)O)CC2)C=NC=N1. The Kier molecular flexibility index (Phi) is 4.69. The molecule has 0 aliphatic carbocycles. The minimum Gasteiger partial charge on any atom is -0.465 e. The Labute approximate surface area is 117 Å². The molecule has 2 heterocycles. The maximum absolute atomic E-state index is 10.8. The Balaban J connectivity index is 1.68. The van der Waals surface area contributed by atoms with E-state index < -0.39 is 17.9 Å². The second-order valence-corrected chi connectivity index (χ2v) is 5.11. The van der Waals surface area contributed by atoms with Gasteiger partial charge in [0.05, 0.1) is 18.9 Å². The zero-order valence-corrected chi connectivity index (χ0v) is 11.5. The van der Waals surface area contributed by atoms with E-state index in [9.17, 15) is 9.90 Å². The molecule has 1 saturated heterocycles. The average Bonchev–Trinajstić information content (AvgIpc) is 2.85. The molecule has 8 heteroatoms. The van der Waals surface area contributed by atoms with Crippen LogP contribution in [-0.2, 0) is 4.74 Å². The number of rotatable bonds is 5. The van der Waals surface area contributed by atoms with Crippen LogP contribution in [0, 0.1) is 0 Å². The van der Waals surface area contributed by atoms with Gasteiger partial charge in [-0.1, -0.05) is 0 Å². The number of hydrogen-bond acceptors (Lipinski definition) is 6. The van der Waals surface area contributed by atoms with Crippen molar-refractivity contribution in [2.75, 3.05) is 39.3 Å². The predicted molar refractivity (Wildman–Crippen MR) is 73.4 cm³/mol. The fourth-order valence-corrected chi connectivity index (χ4v) is 2.16. The first-order valence-electron chi connectivity index (χ1n) is 6.59. The van der Waals surface area contributed by atoms with Crippen LogP contribution in [0.25, 0.3) is 0 Å². The molecule has 20 heavy (non-hydrogen) atoms. The Morgan fingerprint density at radius 1 is 1.45 bits per heavy atom. The van der Waals surface area contributed by atoms with Crippen LogP contribution in [0.5, 0.6) is 0 Å². The van der Waals surface area contributed by atoms with Crippen LogP contribution in [0.3, 0.4) is 0 Å². The van der Waals surface area contributed by atoms with Gasteiger partial charge in [-0.15, -0.1) is 0 Å². The monoisotopic (exact) mass is 284 g/mol. The number of aliphatic hydroxyl groups is 1. The number of amides is 1. The van der Waals surface area contributed by atoms with E-state index in [0.717, 1.165) is 0 Å². The number of aliphatic imine (C=N–C) groups is 2. The van der Waals surface area contributed by atoms with E-state index in [4.69, 9.17) is 9.84 Å². The molecule has 112 valence electrons. The van der Waals surface area contributed by atoms with E-state index >= 15 is 0 Å². The Hall–Kier alpha value is -1.51. The van der Waals surface area contributed by atoms with Crippen molar-refractivity contribution in [1.29, 1.82) is 0 Å². The third-order valence-electron chi connectivity index (χ3n) is 3.37. The van der Waals surface area contributed by atoms with Gasteiger partial charge in [0.2, 0.25) is 0 Å². The van der Waals surface area contributed by atoms with Gasteiger partial charge in [0.15, 0.2) is 5.72 Å². The zero-order chi connectivity index (χ0) is 14.6. The second-order valence-electron chi connectivity index (χ2n) is 5.11. The maximum atomic E-state index is 10.8. The van der Waals surface area contributed by atoms with Crippen LogP contribution >= 0.6 is 0 Å². The molecule has 0 bridgehead atoms. The van der Waals surface area contributed by atoms with Crippen molar-refractivity contribution in [3.8, 4) is 0 Å². The number of ether oxygens (including phenoxy) is 1. The van der Waals surface area contributed by atoms with Gasteiger partial charge in [0, 0.05) is 32.7 Å². The van der Waals surface area contributed by atoms with Gasteiger partial charge < -0.3 is 19.8 Å². The summed E-state index contributed by atoms with van der Waals surface area (Å²) in [4.78, 5) is 22.1. The topological polar surface area (TPSA) is 98.0 Å². The molecule has 2 aliphatic heterocycles. The highest BCUT2D eigenvalue weighted by Gasteiger charge is 2.26. The van der Waals surface area contributed by atoms with Gasteiger partial charge in [-0.3, -0.25) is 4.90 Å². The van der Waals surface area contributed by atoms with Gasteiger partial charge in [-0.25, -0.2) is 14.8 Å². The molecule has 0 spiro atoms. The van der Waals surface area contributed by atoms with E-state index in [-0.39, 0.29) is 6.61 Å². The van der Waals surface area contributed by atoms with E-state index in [1.165, 1.54) is 11.2 Å². The minimum absolute atomic E-state index is 0.166. The highest BCUT2D eigenvalue weighted by atomic mass is 16.5. The van der Waals surface area contributed by atoms with Gasteiger partial charge in [0.1, 0.15) is 6.34 Å². The van der Waals surface area contributed by atoms with Gasteiger partial charge in [0.25, 0.3) is 0 Å². The fraction of sp³-hybridized carbons (Fsp3) is 0.750. The summed E-state index contributed by atoms with van der Waals surface area (Å²) >= 11 is 0. The number of hydrogen-bond donors (Lipinski definition) is 2. The average molecular weight is 284 g/mol. The summed E-state index contributed by atoms with van der Waals surface area (Å²) in [7, 11) is 0. The molecule has 1 fully saturated rings. The Morgan fingerprint density at radius 2 is 2.15 bits per heavy atom. The lowest BCUT2D eigenvalue weighted by Gasteiger charge is -2.34. The van der Waals surface area contributed by atoms with Crippen molar-refractivity contribution in [2.45, 2.75) is 18.8 Å². The van der Waals surface area contributed by atoms with Crippen LogP contribution in [0.2, 0.25) is 0 Å². The number of aliphatic hydroxyl groups excluding tert-OH is 1. The number of carbonyl (C=O) groups is 1. The van der Waals surface area contributed by atoms with Crippen LogP contribution in [0.15, 0.2) is 9.98 Å². The summed E-state index contributed by atoms with van der Waals surface area (Å²) in [5, 5.41) is 18.8. The third kappa shape index (κ3) is 3.99. The fourth-order valence-electron chi connectivity index (χ4n) is 2.16. The highest BCUT2D eigenvalue weighted by Crippen LogP contribution is 2.13. The molecular formula is C12H20N4O4. The smallest absolute Gasteiger partial charge is 0.407 e. The van der Waals surface area contributed by atoms with E-state index in [2.05, 4.69) is 9.98 Å². The lowest BCUT2D eigenvalue weighted by molar-refractivity contribution is -0.0367. The summed E-state index contributed by atoms with van der Waals surface area (Å²) < 4.78 is 5.52. The van der Waals surface area contributed by atoms with E-state index in [1.807, 2.05) is 4.90 Å². The zero-order valence-electron chi connectivity index (χ0n) is 11.5. The summed E-state index contributed by atoms with van der Waals surface area (Å²) in [6, 6.07) is 0. The van der Waals surface area contributed by atoms with Gasteiger partial charge in [-0.2, -0.15) is 0 Å². The summed E-state index contributed by atoms with van der Waals surface area (Å²) in [5.74, 6) is 0. The van der Waals surface area contributed by atoms with Crippen molar-refractivity contribution >= 4 is 18.6 Å². The lowest BCUT2D eigenvalue weighted by Crippen LogP contribution is -2.50. The quantitative estimate of drug-likeness (QED) is 0.708. The van der Waals surface area contributed by atoms with Crippen molar-refractivity contribution in [3.63, 3.8) is 0 Å². The number of β-amino-alcohol motifs (C(OH)–C–C–N with tert-alkyl or cyclic N) is 1. The number of nitrogens with zero attached hydrogens (tertiary/aromatic N) is 4. The van der Waals surface area contributed by atoms with Crippen molar-refractivity contribution in [1.82, 2.24) is 9.80 Å². The predicted octanol–water partition coefficient (Wildman–Crippen LogP) is -0.512. The molecule has 0 aromatic carbocycles. The molecule has 2 N–H and O–H groups in total. The van der Waals surface area contributed by atoms with E-state index in [0.29, 0.717) is 32.7 Å². The Bertz CT molecular complexity index is 392. The van der Waals surface area contributed by atoms with E-state index in [1.54, 1.807) is 13.1 Å². The molecule has 0 radical (unpaired) electrons. The maximum Gasteiger partial charge on any atom is 0.407 e. The van der Waals surface area contributed by atoms with Gasteiger partial charge >= 0.3 is 6.09 Å². The largest absolute Gasteiger partial charge is 0.465 e. The molecule has 2 atom stereocenters. The molecule has 0 aromatic heterocycles. The normalized spacial score (nSPS) is 28.0. The molecule has 0 saturated carbocycles. The summed E-state index contributed by atoms with van der Waals surface area (Å²) in [6.45, 7) is 4.59. The molecule has 1 amide bonds. The van der Waals surface area contributed by atoms with Crippen molar-refractivity contribution in [3.05, 3.63) is 0 Å². The van der Waals surface area contributed by atoms with Crippen LogP contribution in [0.1, 0.15) is 6.92 Å². The molecule has 2 aliphatic rings. The first-order valence-corrected chi connectivity index (χ1v) is 6.59. The first kappa shape index (κ1) is 14.9. The molecule has 0 aromatic rings. The molecule has 2 unspecified atom stereocenters. The number of piperazine rings is 1. The molecule has 2 rings (SSSR count). The number of carboxylic acid groups (broad SMARTS) is 1. The summed E-state index contributed by atoms with van der Waals surface area (Å²) in [5.41, 5.74) is -0.775. The van der Waals surface area contributed by atoms with Crippen molar-refractivity contribution < 1.29 is 19.7 Å². The molecule has 8 nitrogen and oxygen atoms in total. The Morgan fingerprint density at radius 3 is 2.70 bits per heavy atom. The standard InChI is InChI=1S/C12H20N4O4/c1-12(8-13-9-14-12)20-7-10(17)6-15-2-4-16(5-3-15)11(18)19/h8-10,17H,2-7H2,1H3,(H,18,19). The van der Waals surface area contributed by atoms with Crippen LogP contribution < -0.4 is 0 Å². The van der Waals surface area contributed by atoms with Crippen LogP contribution in [0.4, 0.5) is 4.79 Å². The summed E-state index contributed by atoms with van der Waals surface area (Å²) in [6.07, 6.45) is 1.50.